The van der Waals surface area contributed by atoms with Crippen LogP contribution >= 0.6 is 0 Å². The summed E-state index contributed by atoms with van der Waals surface area (Å²) in [7, 11) is 2.82. The van der Waals surface area contributed by atoms with Gasteiger partial charge in [0.05, 0.1) is 14.2 Å². The molecular weight excluding hydrogens is 402 g/mol. The maximum atomic E-state index is 12.2. The van der Waals surface area contributed by atoms with Gasteiger partial charge in [-0.15, -0.1) is 0 Å². The standard InChI is InChI=1S/C27H45NO4/c1-4-5-6-7-8-9-10-11-12-13-14-15-16-17-18-19-26(29)28-23-20-21-24(27(30)32-3)25(22-23)31-2/h20-22H,4-19H2,1-3H3,(H,28,29). The molecule has 0 aromatic heterocycles. The lowest BCUT2D eigenvalue weighted by Gasteiger charge is -2.10. The molecule has 1 aromatic rings. The Morgan fingerprint density at radius 3 is 1.72 bits per heavy atom. The van der Waals surface area contributed by atoms with Crippen LogP contribution in [0, 0.1) is 0 Å². The summed E-state index contributed by atoms with van der Waals surface area (Å²) in [5.41, 5.74) is 0.968. The SMILES string of the molecule is CCCCCCCCCCCCCCCCCC(=O)Nc1ccc(C(=O)OC)c(OC)c1. The summed E-state index contributed by atoms with van der Waals surface area (Å²) in [6.45, 7) is 2.27. The number of hydrogen-bond donors (Lipinski definition) is 1. The molecule has 0 heterocycles. The molecule has 0 bridgehead atoms. The molecule has 1 aromatic carbocycles. The topological polar surface area (TPSA) is 64.6 Å². The summed E-state index contributed by atoms with van der Waals surface area (Å²) in [5, 5.41) is 2.88. The van der Waals surface area contributed by atoms with Gasteiger partial charge in [0, 0.05) is 18.2 Å². The van der Waals surface area contributed by atoms with E-state index in [1.165, 1.54) is 97.7 Å². The second-order valence-corrected chi connectivity index (χ2v) is 8.65. The van der Waals surface area contributed by atoms with Crippen molar-refractivity contribution in [2.24, 2.45) is 0 Å². The number of anilines is 1. The second kappa shape index (κ2) is 18.5. The molecule has 32 heavy (non-hydrogen) atoms. The number of methoxy groups -OCH3 is 2. The number of amides is 1. The van der Waals surface area contributed by atoms with Crippen LogP contribution < -0.4 is 10.1 Å². The van der Waals surface area contributed by atoms with Gasteiger partial charge in [0.25, 0.3) is 0 Å². The summed E-state index contributed by atoms with van der Waals surface area (Å²) in [6.07, 6.45) is 20.2. The van der Waals surface area contributed by atoms with E-state index < -0.39 is 5.97 Å². The number of unbranched alkanes of at least 4 members (excludes halogenated alkanes) is 14. The van der Waals surface area contributed by atoms with Gasteiger partial charge in [0.1, 0.15) is 11.3 Å². The molecule has 1 N–H and O–H groups in total. The largest absolute Gasteiger partial charge is 0.496 e. The highest BCUT2D eigenvalue weighted by Gasteiger charge is 2.13. The summed E-state index contributed by atoms with van der Waals surface area (Å²) >= 11 is 0. The van der Waals surface area contributed by atoms with Crippen molar-refractivity contribution in [1.29, 1.82) is 0 Å². The number of hydrogen-bond acceptors (Lipinski definition) is 4. The van der Waals surface area contributed by atoms with E-state index in [0.29, 0.717) is 23.4 Å². The summed E-state index contributed by atoms with van der Waals surface area (Å²) in [4.78, 5) is 23.9. The smallest absolute Gasteiger partial charge is 0.341 e. The predicted molar refractivity (Wildman–Crippen MR) is 133 cm³/mol. The molecule has 0 atom stereocenters. The number of esters is 1. The summed E-state index contributed by atoms with van der Waals surface area (Å²) in [5.74, 6) is -0.0771. The zero-order valence-corrected chi connectivity index (χ0v) is 20.7. The molecule has 0 saturated carbocycles. The maximum absolute atomic E-state index is 12.2. The monoisotopic (exact) mass is 447 g/mol. The fourth-order valence-electron chi connectivity index (χ4n) is 3.93. The van der Waals surface area contributed by atoms with Gasteiger partial charge in [0.2, 0.25) is 5.91 Å². The zero-order valence-electron chi connectivity index (χ0n) is 20.7. The van der Waals surface area contributed by atoms with E-state index in [0.717, 1.165) is 12.8 Å². The lowest BCUT2D eigenvalue weighted by molar-refractivity contribution is -0.116. The molecule has 0 spiro atoms. The molecule has 0 saturated heterocycles. The van der Waals surface area contributed by atoms with Crippen molar-refractivity contribution < 1.29 is 19.1 Å². The first-order chi connectivity index (χ1) is 15.6. The number of carbonyl (C=O) groups is 2. The number of ether oxygens (including phenoxy) is 2. The van der Waals surface area contributed by atoms with Gasteiger partial charge in [-0.3, -0.25) is 4.79 Å². The van der Waals surface area contributed by atoms with Crippen molar-refractivity contribution in [3.05, 3.63) is 23.8 Å². The molecule has 0 aliphatic carbocycles. The average molecular weight is 448 g/mol. The second-order valence-electron chi connectivity index (χ2n) is 8.65. The molecule has 1 rings (SSSR count). The average Bonchev–Trinajstić information content (AvgIpc) is 2.80. The van der Waals surface area contributed by atoms with E-state index in [2.05, 4.69) is 12.2 Å². The third-order valence-corrected chi connectivity index (χ3v) is 5.90. The molecule has 5 heteroatoms. The van der Waals surface area contributed by atoms with E-state index in [-0.39, 0.29) is 5.91 Å². The molecule has 0 aliphatic rings. The summed E-state index contributed by atoms with van der Waals surface area (Å²) < 4.78 is 9.96. The van der Waals surface area contributed by atoms with Crippen molar-refractivity contribution in [3.63, 3.8) is 0 Å². The van der Waals surface area contributed by atoms with Gasteiger partial charge in [-0.05, 0) is 18.6 Å². The molecule has 1 amide bonds. The van der Waals surface area contributed by atoms with Crippen molar-refractivity contribution in [1.82, 2.24) is 0 Å². The normalized spacial score (nSPS) is 10.7. The van der Waals surface area contributed by atoms with Gasteiger partial charge >= 0.3 is 5.97 Å². The van der Waals surface area contributed by atoms with Gasteiger partial charge < -0.3 is 14.8 Å². The Hall–Kier alpha value is -2.04. The maximum Gasteiger partial charge on any atom is 0.341 e. The quantitative estimate of drug-likeness (QED) is 0.174. The van der Waals surface area contributed by atoms with Gasteiger partial charge in [-0.2, -0.15) is 0 Å². The predicted octanol–water partition coefficient (Wildman–Crippen LogP) is 7.68. The highest BCUT2D eigenvalue weighted by atomic mass is 16.5. The fraction of sp³-hybridized carbons (Fsp3) is 0.704. The number of carbonyl (C=O) groups excluding carboxylic acids is 2. The molecule has 0 radical (unpaired) electrons. The first-order valence-corrected chi connectivity index (χ1v) is 12.7. The minimum absolute atomic E-state index is 0.00688. The number of nitrogens with one attached hydrogen (secondary N) is 1. The fourth-order valence-corrected chi connectivity index (χ4v) is 3.93. The Bertz CT molecular complexity index is 645. The molecule has 5 nitrogen and oxygen atoms in total. The van der Waals surface area contributed by atoms with E-state index in [1.54, 1.807) is 18.2 Å². The first kappa shape index (κ1) is 28.0. The highest BCUT2D eigenvalue weighted by Crippen LogP contribution is 2.24. The van der Waals surface area contributed by atoms with Crippen LogP contribution in [-0.4, -0.2) is 26.1 Å². The third-order valence-electron chi connectivity index (χ3n) is 5.90. The lowest BCUT2D eigenvalue weighted by Crippen LogP contribution is -2.12. The van der Waals surface area contributed by atoms with Crippen LogP contribution in [0.4, 0.5) is 5.69 Å². The van der Waals surface area contributed by atoms with Crippen molar-refractivity contribution >= 4 is 17.6 Å². The molecule has 0 unspecified atom stereocenters. The van der Waals surface area contributed by atoms with Gasteiger partial charge in [-0.1, -0.05) is 96.8 Å². The summed E-state index contributed by atoms with van der Waals surface area (Å²) in [6, 6.07) is 4.95. The molecular formula is C27H45NO4. The third kappa shape index (κ3) is 12.7. The molecule has 182 valence electrons. The van der Waals surface area contributed by atoms with E-state index in [9.17, 15) is 9.59 Å². The zero-order chi connectivity index (χ0) is 23.4. The van der Waals surface area contributed by atoms with Crippen molar-refractivity contribution in [3.8, 4) is 5.75 Å². The molecule has 0 fully saturated rings. The van der Waals surface area contributed by atoms with Crippen LogP contribution in [0.25, 0.3) is 0 Å². The number of rotatable bonds is 19. The Morgan fingerprint density at radius 1 is 0.750 bits per heavy atom. The lowest BCUT2D eigenvalue weighted by atomic mass is 10.0. The highest BCUT2D eigenvalue weighted by molar-refractivity contribution is 5.95. The van der Waals surface area contributed by atoms with E-state index >= 15 is 0 Å². The van der Waals surface area contributed by atoms with E-state index in [1.807, 2.05) is 0 Å². The van der Waals surface area contributed by atoms with Gasteiger partial charge in [0.15, 0.2) is 0 Å². The Labute approximate surface area is 195 Å². The van der Waals surface area contributed by atoms with Crippen LogP contribution in [0.3, 0.4) is 0 Å². The molecule has 0 aliphatic heterocycles. The van der Waals surface area contributed by atoms with Crippen LogP contribution in [0.5, 0.6) is 5.75 Å². The van der Waals surface area contributed by atoms with Crippen molar-refractivity contribution in [2.75, 3.05) is 19.5 Å². The van der Waals surface area contributed by atoms with Crippen LogP contribution in [0.15, 0.2) is 18.2 Å². The van der Waals surface area contributed by atoms with Crippen molar-refractivity contribution in [2.45, 2.75) is 110 Å². The van der Waals surface area contributed by atoms with Crippen LogP contribution in [0.1, 0.15) is 120 Å². The Morgan fingerprint density at radius 2 is 1.25 bits per heavy atom. The van der Waals surface area contributed by atoms with Gasteiger partial charge in [-0.25, -0.2) is 4.79 Å². The minimum atomic E-state index is -0.461. The minimum Gasteiger partial charge on any atom is -0.496 e. The van der Waals surface area contributed by atoms with E-state index in [4.69, 9.17) is 9.47 Å². The Kier molecular flexibility index (Phi) is 16.2. The Balaban J connectivity index is 2.02. The van der Waals surface area contributed by atoms with Crippen LogP contribution in [0.2, 0.25) is 0 Å². The number of benzene rings is 1. The first-order valence-electron chi connectivity index (χ1n) is 12.7. The van der Waals surface area contributed by atoms with Crippen LogP contribution in [-0.2, 0) is 9.53 Å².